The highest BCUT2D eigenvalue weighted by atomic mass is 32.2. The third-order valence-electron chi connectivity index (χ3n) is 3.28. The van der Waals surface area contributed by atoms with Crippen LogP contribution >= 0.6 is 24.0 Å². The molecule has 7 nitrogen and oxygen atoms in total. The van der Waals surface area contributed by atoms with Crippen LogP contribution in [-0.4, -0.2) is 26.0 Å². The minimum absolute atomic E-state index is 0.0141. The number of nitro benzene ring substituents is 1. The van der Waals surface area contributed by atoms with Gasteiger partial charge in [-0.25, -0.2) is 5.10 Å². The Morgan fingerprint density at radius 3 is 2.72 bits per heavy atom. The number of aromatic amines is 1. The van der Waals surface area contributed by atoms with Gasteiger partial charge in [0.1, 0.15) is 0 Å². The first kappa shape index (κ1) is 17.1. The molecule has 3 rings (SSSR count). The van der Waals surface area contributed by atoms with Crippen LogP contribution < -0.4 is 0 Å². The Kier molecular flexibility index (Phi) is 5.36. The fraction of sp³-hybridized carbons (Fsp3) is 0.0625. The van der Waals surface area contributed by atoms with Crippen molar-refractivity contribution in [3.63, 3.8) is 0 Å². The summed E-state index contributed by atoms with van der Waals surface area (Å²) in [7, 11) is 0. The third kappa shape index (κ3) is 4.20. The predicted octanol–water partition coefficient (Wildman–Crippen LogP) is 4.02. The summed E-state index contributed by atoms with van der Waals surface area (Å²) in [6, 6.07) is 16.3. The lowest BCUT2D eigenvalue weighted by atomic mass is 10.2. The number of para-hydroxylation sites is 1. The number of aromatic nitrogens is 3. The lowest BCUT2D eigenvalue weighted by Gasteiger charge is -2.01. The van der Waals surface area contributed by atoms with Crippen LogP contribution in [0.4, 0.5) is 5.69 Å². The van der Waals surface area contributed by atoms with Gasteiger partial charge in [-0.1, -0.05) is 54.2 Å². The Bertz CT molecular complexity index is 966. The highest BCUT2D eigenvalue weighted by molar-refractivity contribution is 7.98. The molecule has 1 N–H and O–H groups in total. The average Bonchev–Trinajstić information content (AvgIpc) is 2.99. The van der Waals surface area contributed by atoms with Gasteiger partial charge in [-0.3, -0.25) is 10.1 Å². The summed E-state index contributed by atoms with van der Waals surface area (Å²) in [6.45, 7) is 0. The van der Waals surface area contributed by atoms with Crippen LogP contribution in [0, 0.1) is 14.9 Å². The fourth-order valence-corrected chi connectivity index (χ4v) is 3.17. The number of benzene rings is 2. The first-order valence-electron chi connectivity index (χ1n) is 7.27. The standard InChI is InChI=1S/C16H13N5O2S2/c22-21(23)14-9-5-4-8-13(14)10-17-20-15(24)18-19-16(20)25-11-12-6-2-1-3-7-12/h1-10H,11H2,(H,18,24)/b17-10-. The summed E-state index contributed by atoms with van der Waals surface area (Å²) in [6.07, 6.45) is 1.41. The number of hydrogen-bond donors (Lipinski definition) is 1. The first-order chi connectivity index (χ1) is 12.1. The number of hydrogen-bond acceptors (Lipinski definition) is 6. The molecule has 3 aromatic rings. The molecule has 0 atom stereocenters. The zero-order chi connectivity index (χ0) is 17.6. The minimum Gasteiger partial charge on any atom is -0.258 e. The number of rotatable bonds is 6. The maximum atomic E-state index is 11.1. The molecular weight excluding hydrogens is 358 g/mol. The van der Waals surface area contributed by atoms with E-state index >= 15 is 0 Å². The number of thioether (sulfide) groups is 1. The normalized spacial score (nSPS) is 11.0. The molecule has 0 aliphatic heterocycles. The van der Waals surface area contributed by atoms with Crippen LogP contribution in [-0.2, 0) is 5.75 Å². The van der Waals surface area contributed by atoms with Crippen molar-refractivity contribution >= 4 is 35.9 Å². The molecule has 2 aromatic carbocycles. The number of nitrogens with zero attached hydrogens (tertiary/aromatic N) is 4. The van der Waals surface area contributed by atoms with Crippen molar-refractivity contribution in [3.8, 4) is 0 Å². The van der Waals surface area contributed by atoms with E-state index in [9.17, 15) is 10.1 Å². The van der Waals surface area contributed by atoms with E-state index < -0.39 is 4.92 Å². The molecule has 0 fully saturated rings. The predicted molar refractivity (Wildman–Crippen MR) is 99.5 cm³/mol. The Hall–Kier alpha value is -2.78. The highest BCUT2D eigenvalue weighted by Crippen LogP contribution is 2.21. The summed E-state index contributed by atoms with van der Waals surface area (Å²) < 4.78 is 1.78. The molecule has 0 saturated heterocycles. The molecular formula is C16H13N5O2S2. The van der Waals surface area contributed by atoms with Crippen molar-refractivity contribution in [2.45, 2.75) is 10.9 Å². The molecule has 0 unspecified atom stereocenters. The second kappa shape index (κ2) is 7.86. The maximum Gasteiger partial charge on any atom is 0.278 e. The lowest BCUT2D eigenvalue weighted by Crippen LogP contribution is -1.97. The van der Waals surface area contributed by atoms with E-state index in [4.69, 9.17) is 12.2 Å². The Morgan fingerprint density at radius 2 is 1.96 bits per heavy atom. The molecule has 0 amide bonds. The van der Waals surface area contributed by atoms with Crippen LogP contribution in [0.5, 0.6) is 0 Å². The van der Waals surface area contributed by atoms with Gasteiger partial charge in [0.15, 0.2) is 0 Å². The quantitative estimate of drug-likeness (QED) is 0.232. The van der Waals surface area contributed by atoms with Crippen molar-refractivity contribution in [1.82, 2.24) is 14.9 Å². The van der Waals surface area contributed by atoms with Gasteiger partial charge in [-0.2, -0.15) is 9.78 Å². The molecule has 126 valence electrons. The number of nitrogens with one attached hydrogen (secondary N) is 1. The van der Waals surface area contributed by atoms with E-state index in [1.165, 1.54) is 28.7 Å². The molecule has 9 heteroatoms. The van der Waals surface area contributed by atoms with E-state index in [2.05, 4.69) is 15.3 Å². The highest BCUT2D eigenvalue weighted by Gasteiger charge is 2.11. The molecule has 0 spiro atoms. The monoisotopic (exact) mass is 371 g/mol. The smallest absolute Gasteiger partial charge is 0.258 e. The summed E-state index contributed by atoms with van der Waals surface area (Å²) >= 11 is 6.66. The van der Waals surface area contributed by atoms with Gasteiger partial charge in [-0.15, -0.1) is 5.10 Å². The van der Waals surface area contributed by atoms with Gasteiger partial charge < -0.3 is 0 Å². The second-order valence-corrected chi connectivity index (χ2v) is 6.29. The van der Waals surface area contributed by atoms with Crippen LogP contribution in [0.1, 0.15) is 11.1 Å². The Morgan fingerprint density at radius 1 is 1.24 bits per heavy atom. The summed E-state index contributed by atoms with van der Waals surface area (Å²) in [5.41, 5.74) is 1.53. The van der Waals surface area contributed by atoms with E-state index in [1.807, 2.05) is 30.3 Å². The van der Waals surface area contributed by atoms with Crippen molar-refractivity contribution in [3.05, 3.63) is 80.6 Å². The van der Waals surface area contributed by atoms with E-state index in [0.29, 0.717) is 21.2 Å². The van der Waals surface area contributed by atoms with Gasteiger partial charge in [0.25, 0.3) is 5.69 Å². The largest absolute Gasteiger partial charge is 0.278 e. The molecule has 1 heterocycles. The van der Waals surface area contributed by atoms with Gasteiger partial charge in [0.05, 0.1) is 16.7 Å². The summed E-state index contributed by atoms with van der Waals surface area (Å²) in [5, 5.41) is 22.8. The van der Waals surface area contributed by atoms with Crippen molar-refractivity contribution in [2.24, 2.45) is 5.10 Å². The Labute approximate surface area is 152 Å². The summed E-state index contributed by atoms with van der Waals surface area (Å²) in [4.78, 5) is 10.6. The van der Waals surface area contributed by atoms with Gasteiger partial charge in [0.2, 0.25) is 9.93 Å². The molecule has 0 aliphatic rings. The van der Waals surface area contributed by atoms with Crippen LogP contribution in [0.15, 0.2) is 64.9 Å². The van der Waals surface area contributed by atoms with E-state index in [-0.39, 0.29) is 5.69 Å². The lowest BCUT2D eigenvalue weighted by molar-refractivity contribution is -0.385. The second-order valence-electron chi connectivity index (χ2n) is 4.96. The fourth-order valence-electron chi connectivity index (χ4n) is 2.08. The molecule has 25 heavy (non-hydrogen) atoms. The zero-order valence-electron chi connectivity index (χ0n) is 12.9. The van der Waals surface area contributed by atoms with Crippen LogP contribution in [0.25, 0.3) is 0 Å². The SMILES string of the molecule is O=[N+]([O-])c1ccccc1/C=N\n1c(SCc2ccccc2)n[nH]c1=S. The van der Waals surface area contributed by atoms with Gasteiger partial charge >= 0.3 is 0 Å². The van der Waals surface area contributed by atoms with Crippen molar-refractivity contribution < 1.29 is 4.92 Å². The average molecular weight is 371 g/mol. The Balaban J connectivity index is 1.83. The molecule has 0 saturated carbocycles. The molecule has 0 bridgehead atoms. The minimum atomic E-state index is -0.443. The van der Waals surface area contributed by atoms with Gasteiger partial charge in [0, 0.05) is 11.8 Å². The van der Waals surface area contributed by atoms with E-state index in [0.717, 1.165) is 5.56 Å². The number of H-pyrrole nitrogens is 1. The number of nitro groups is 1. The summed E-state index contributed by atoms with van der Waals surface area (Å²) in [5.74, 6) is 0.710. The molecule has 0 aliphatic carbocycles. The molecule has 1 aromatic heterocycles. The van der Waals surface area contributed by atoms with Crippen molar-refractivity contribution in [2.75, 3.05) is 0 Å². The van der Waals surface area contributed by atoms with E-state index in [1.54, 1.807) is 18.2 Å². The first-order valence-corrected chi connectivity index (χ1v) is 8.66. The maximum absolute atomic E-state index is 11.1. The topological polar surface area (TPSA) is 89.1 Å². The molecule has 0 radical (unpaired) electrons. The van der Waals surface area contributed by atoms with Crippen LogP contribution in [0.3, 0.4) is 0 Å². The van der Waals surface area contributed by atoms with Gasteiger partial charge in [-0.05, 0) is 23.8 Å². The van der Waals surface area contributed by atoms with Crippen LogP contribution in [0.2, 0.25) is 0 Å². The zero-order valence-corrected chi connectivity index (χ0v) is 14.5. The van der Waals surface area contributed by atoms with Crippen molar-refractivity contribution in [1.29, 1.82) is 0 Å². The third-order valence-corrected chi connectivity index (χ3v) is 4.54.